The van der Waals surface area contributed by atoms with Gasteiger partial charge in [-0.05, 0) is 12.5 Å². The maximum absolute atomic E-state index is 13.1. The third-order valence-corrected chi connectivity index (χ3v) is 7.28. The molecule has 2 amide bonds. The first kappa shape index (κ1) is 30.9. The van der Waals surface area contributed by atoms with Gasteiger partial charge in [0.1, 0.15) is 29.4 Å². The quantitative estimate of drug-likeness (QED) is 0.136. The normalized spacial score (nSPS) is 18.4. The number of nitrogens with one attached hydrogen (secondary N) is 2. The van der Waals surface area contributed by atoms with Crippen LogP contribution in [0.25, 0.3) is 0 Å². The first-order valence-corrected chi connectivity index (χ1v) is 12.3. The van der Waals surface area contributed by atoms with Crippen molar-refractivity contribution in [3.8, 4) is 0 Å². The Morgan fingerprint density at radius 3 is 2.66 bits per heavy atom. The van der Waals surface area contributed by atoms with Gasteiger partial charge in [-0.25, -0.2) is 9.78 Å². The number of thiazole rings is 1. The summed E-state index contributed by atoms with van der Waals surface area (Å²) in [6, 6.07) is -1.01. The summed E-state index contributed by atoms with van der Waals surface area (Å²) < 4.78 is 4.92. The van der Waals surface area contributed by atoms with E-state index in [9.17, 15) is 24.3 Å². The number of hydrogen-bond donors (Lipinski definition) is 4. The molecule has 0 aromatic carbocycles. The second-order valence-corrected chi connectivity index (χ2v) is 9.71. The molecule has 2 aliphatic rings. The second-order valence-electron chi connectivity index (χ2n) is 7.71. The lowest BCUT2D eigenvalue weighted by Gasteiger charge is -2.49. The number of carbonyl (C=O) groups excluding carboxylic acids is 3. The molecule has 2 atom stereocenters. The van der Waals surface area contributed by atoms with Crippen LogP contribution >= 0.6 is 47.9 Å². The van der Waals surface area contributed by atoms with Crippen LogP contribution in [0.5, 0.6) is 0 Å². The Bertz CT molecular complexity index is 1300. The van der Waals surface area contributed by atoms with Crippen LogP contribution in [0, 0.1) is 6.92 Å². The highest BCUT2D eigenvalue weighted by Crippen LogP contribution is 2.40. The first-order valence-electron chi connectivity index (χ1n) is 10.4. The molecule has 2 aromatic rings. The number of thioether (sulfide) groups is 1. The van der Waals surface area contributed by atoms with Gasteiger partial charge in [-0.1, -0.05) is 5.16 Å². The summed E-state index contributed by atoms with van der Waals surface area (Å²) in [6.07, 6.45) is 1.62. The number of nitrogens with two attached hydrogens (primary N) is 1. The standard InChI is InChI=1S/C20H21N7O7S2.2ClH/c1-8-3-22-25-11(8)5-34-26-13(12-7-36-20(21)23-12)16(29)24-14-17(30)27-15(19(31)32)10(4-33-9(2)28)6-35-18(14)27;;/h3,7,14,18H,4-6H2,1-2H3,(H2,21,23)(H,22,25)(H,24,29)(H,31,32);2*1H/t14-,18+;;/m1../s1. The van der Waals surface area contributed by atoms with Crippen molar-refractivity contribution in [3.05, 3.63) is 39.8 Å². The van der Waals surface area contributed by atoms with Crippen LogP contribution in [0.3, 0.4) is 0 Å². The topological polar surface area (TPSA) is 202 Å². The van der Waals surface area contributed by atoms with Gasteiger partial charge in [0.2, 0.25) is 0 Å². The molecule has 0 saturated carbocycles. The fourth-order valence-electron chi connectivity index (χ4n) is 3.47. The summed E-state index contributed by atoms with van der Waals surface area (Å²) >= 11 is 2.34. The Kier molecular flexibility index (Phi) is 10.5. The molecule has 0 bridgehead atoms. The van der Waals surface area contributed by atoms with Gasteiger partial charge in [-0.3, -0.25) is 24.4 Å². The van der Waals surface area contributed by atoms with E-state index in [1.54, 1.807) is 6.20 Å². The number of halogens is 2. The van der Waals surface area contributed by atoms with E-state index in [4.69, 9.17) is 15.3 Å². The number of H-pyrrole nitrogens is 1. The summed E-state index contributed by atoms with van der Waals surface area (Å²) in [5, 5.41) is 23.9. The number of anilines is 1. The molecule has 2 aromatic heterocycles. The number of ether oxygens (including phenoxy) is 1. The van der Waals surface area contributed by atoms with Crippen molar-refractivity contribution in [2.75, 3.05) is 18.1 Å². The van der Waals surface area contributed by atoms with Crippen molar-refractivity contribution in [1.29, 1.82) is 0 Å². The lowest BCUT2D eigenvalue weighted by Crippen LogP contribution is -2.71. The van der Waals surface area contributed by atoms with Gasteiger partial charge in [0.15, 0.2) is 17.5 Å². The highest BCUT2D eigenvalue weighted by atomic mass is 35.5. The van der Waals surface area contributed by atoms with Gasteiger partial charge in [0.05, 0.1) is 11.9 Å². The smallest absolute Gasteiger partial charge is 0.352 e. The number of aromatic amines is 1. The van der Waals surface area contributed by atoms with Crippen LogP contribution in [0.2, 0.25) is 0 Å². The third kappa shape index (κ3) is 6.38. The zero-order chi connectivity index (χ0) is 26.0. The minimum Gasteiger partial charge on any atom is -0.477 e. The van der Waals surface area contributed by atoms with Crippen LogP contribution in [0.15, 0.2) is 28.0 Å². The van der Waals surface area contributed by atoms with Gasteiger partial charge in [0.25, 0.3) is 11.8 Å². The average Bonchev–Trinajstić information content (AvgIpc) is 3.45. The number of fused-ring (bicyclic) bond motifs is 1. The van der Waals surface area contributed by atoms with Gasteiger partial charge < -0.3 is 25.7 Å². The SMILES string of the molecule is CC(=O)OCC1=C(C(=O)O)N2C(=O)[C@@H](NC(=O)C(=NOCc3[nH]ncc3C)c3csc(N)n3)[C@@H]2SC1.Cl.Cl. The Labute approximate surface area is 236 Å². The van der Waals surface area contributed by atoms with Crippen LogP contribution in [0.1, 0.15) is 23.9 Å². The molecular weight excluding hydrogens is 585 g/mol. The van der Waals surface area contributed by atoms with Crippen molar-refractivity contribution in [1.82, 2.24) is 25.4 Å². The summed E-state index contributed by atoms with van der Waals surface area (Å²) in [5.41, 5.74) is 7.21. The van der Waals surface area contributed by atoms with Gasteiger partial charge in [0, 0.05) is 23.6 Å². The number of amides is 2. The van der Waals surface area contributed by atoms with Crippen molar-refractivity contribution in [2.24, 2.45) is 5.16 Å². The van der Waals surface area contributed by atoms with E-state index in [0.29, 0.717) is 11.3 Å². The number of β-lactam (4-membered cyclic amide) rings is 1. The summed E-state index contributed by atoms with van der Waals surface area (Å²) in [4.78, 5) is 59.5. The first-order chi connectivity index (χ1) is 17.2. The number of oxime groups is 1. The van der Waals surface area contributed by atoms with Gasteiger partial charge in [-0.2, -0.15) is 5.10 Å². The number of aliphatic carboxylic acids is 1. The van der Waals surface area contributed by atoms with Gasteiger partial charge >= 0.3 is 11.9 Å². The molecule has 18 heteroatoms. The molecule has 4 rings (SSSR count). The number of carboxylic acids is 1. The molecule has 0 unspecified atom stereocenters. The van der Waals surface area contributed by atoms with Gasteiger partial charge in [-0.15, -0.1) is 47.9 Å². The largest absolute Gasteiger partial charge is 0.477 e. The number of carbonyl (C=O) groups is 4. The second kappa shape index (κ2) is 12.9. The molecule has 5 N–H and O–H groups in total. The molecule has 1 saturated heterocycles. The molecule has 2 aliphatic heterocycles. The maximum atomic E-state index is 13.1. The van der Waals surface area contributed by atoms with E-state index in [1.807, 2.05) is 6.92 Å². The number of carboxylic acid groups (broad SMARTS) is 1. The number of aromatic nitrogens is 3. The Balaban J connectivity index is 0.00000253. The Morgan fingerprint density at radius 1 is 1.34 bits per heavy atom. The van der Waals surface area contributed by atoms with E-state index in [2.05, 4.69) is 25.7 Å². The molecule has 38 heavy (non-hydrogen) atoms. The van der Waals surface area contributed by atoms with Crippen LogP contribution < -0.4 is 11.1 Å². The van der Waals surface area contributed by atoms with E-state index >= 15 is 0 Å². The molecule has 206 valence electrons. The molecule has 4 heterocycles. The predicted molar refractivity (Wildman–Crippen MR) is 142 cm³/mol. The maximum Gasteiger partial charge on any atom is 0.352 e. The van der Waals surface area contributed by atoms with E-state index in [-0.39, 0.29) is 66.0 Å². The fraction of sp³-hybridized carbons (Fsp3) is 0.350. The minimum atomic E-state index is -1.33. The lowest BCUT2D eigenvalue weighted by molar-refractivity contribution is -0.150. The lowest BCUT2D eigenvalue weighted by atomic mass is 10.0. The van der Waals surface area contributed by atoms with E-state index in [1.165, 1.54) is 24.1 Å². The zero-order valence-electron chi connectivity index (χ0n) is 19.8. The molecule has 0 spiro atoms. The van der Waals surface area contributed by atoms with Crippen molar-refractivity contribution in [3.63, 3.8) is 0 Å². The number of rotatable bonds is 9. The fourth-order valence-corrected chi connectivity index (χ4v) is 5.35. The Morgan fingerprint density at radius 2 is 2.08 bits per heavy atom. The van der Waals surface area contributed by atoms with Crippen LogP contribution in [0.4, 0.5) is 5.13 Å². The highest BCUT2D eigenvalue weighted by molar-refractivity contribution is 8.00. The summed E-state index contributed by atoms with van der Waals surface area (Å²) in [6.45, 7) is 2.80. The number of aryl methyl sites for hydroxylation is 1. The molecular formula is C20H23Cl2N7O7S2. The van der Waals surface area contributed by atoms with E-state index < -0.39 is 35.2 Å². The van der Waals surface area contributed by atoms with E-state index in [0.717, 1.165) is 21.8 Å². The zero-order valence-corrected chi connectivity index (χ0v) is 23.1. The van der Waals surface area contributed by atoms with Crippen molar-refractivity contribution in [2.45, 2.75) is 31.9 Å². The minimum absolute atomic E-state index is 0. The van der Waals surface area contributed by atoms with Crippen molar-refractivity contribution < 1.29 is 33.9 Å². The van der Waals surface area contributed by atoms with Crippen molar-refractivity contribution >= 4 is 82.5 Å². The number of nitrogen functional groups attached to an aromatic ring is 1. The molecule has 0 aliphatic carbocycles. The van der Waals surface area contributed by atoms with Crippen LogP contribution in [-0.4, -0.2) is 78.4 Å². The molecule has 14 nitrogen and oxygen atoms in total. The number of hydrogen-bond acceptors (Lipinski definition) is 12. The summed E-state index contributed by atoms with van der Waals surface area (Å²) in [5.74, 6) is -3.07. The molecule has 1 fully saturated rings. The number of nitrogens with zero attached hydrogens (tertiary/aromatic N) is 4. The Hall–Kier alpha value is -3.34. The molecule has 0 radical (unpaired) electrons. The average molecular weight is 608 g/mol. The number of esters is 1. The monoisotopic (exact) mass is 607 g/mol. The van der Waals surface area contributed by atoms with Crippen LogP contribution in [-0.2, 0) is 35.4 Å². The predicted octanol–water partition coefficient (Wildman–Crippen LogP) is 0.823. The summed E-state index contributed by atoms with van der Waals surface area (Å²) in [7, 11) is 0. The highest BCUT2D eigenvalue weighted by Gasteiger charge is 2.54. The third-order valence-electron chi connectivity index (χ3n) is 5.26.